The summed E-state index contributed by atoms with van der Waals surface area (Å²) in [5.74, 6) is 0.566. The van der Waals surface area contributed by atoms with E-state index >= 15 is 0 Å². The Balaban J connectivity index is 2.11. The van der Waals surface area contributed by atoms with Gasteiger partial charge in [-0.1, -0.05) is 0 Å². The molecule has 1 amide bonds. The van der Waals surface area contributed by atoms with Crippen LogP contribution >= 0.6 is 0 Å². The van der Waals surface area contributed by atoms with Crippen molar-refractivity contribution in [1.82, 2.24) is 0 Å². The number of carbonyl (C=O) groups excluding carboxylic acids is 1. The number of furan rings is 1. The molecular formula is C12H17NO3. The lowest BCUT2D eigenvalue weighted by Gasteiger charge is -2.25. The second-order valence-corrected chi connectivity index (χ2v) is 5.03. The molecule has 4 nitrogen and oxygen atoms in total. The standard InChI is InChI=1S/C12H17NO3/c1-12(2,3)16-11(14)13(9-6-7-9)10-5-4-8-15-10/h4-5,8-9H,6-7H2,1-3H3. The molecule has 2 rings (SSSR count). The highest BCUT2D eigenvalue weighted by Gasteiger charge is 2.37. The summed E-state index contributed by atoms with van der Waals surface area (Å²) in [6, 6.07) is 3.79. The largest absolute Gasteiger partial charge is 0.448 e. The van der Waals surface area contributed by atoms with Crippen LogP contribution in [0.1, 0.15) is 33.6 Å². The van der Waals surface area contributed by atoms with E-state index in [0.717, 1.165) is 12.8 Å². The summed E-state index contributed by atoms with van der Waals surface area (Å²) in [6.45, 7) is 5.58. The highest BCUT2D eigenvalue weighted by atomic mass is 16.6. The fourth-order valence-electron chi connectivity index (χ4n) is 1.47. The van der Waals surface area contributed by atoms with Crippen molar-refractivity contribution in [3.8, 4) is 0 Å². The summed E-state index contributed by atoms with van der Waals surface area (Å²) in [5, 5.41) is 0. The van der Waals surface area contributed by atoms with Gasteiger partial charge in [0.15, 0.2) is 0 Å². The molecule has 0 bridgehead atoms. The van der Waals surface area contributed by atoms with E-state index in [1.807, 2.05) is 20.8 Å². The van der Waals surface area contributed by atoms with E-state index in [2.05, 4.69) is 0 Å². The molecule has 0 radical (unpaired) electrons. The van der Waals surface area contributed by atoms with Gasteiger partial charge in [0.1, 0.15) is 5.60 Å². The van der Waals surface area contributed by atoms with E-state index in [1.54, 1.807) is 23.3 Å². The summed E-state index contributed by atoms with van der Waals surface area (Å²) >= 11 is 0. The van der Waals surface area contributed by atoms with Crippen molar-refractivity contribution >= 4 is 12.0 Å². The number of amides is 1. The zero-order valence-corrected chi connectivity index (χ0v) is 9.90. The van der Waals surface area contributed by atoms with Gasteiger partial charge in [0.2, 0.25) is 5.88 Å². The molecule has 4 heteroatoms. The van der Waals surface area contributed by atoms with Crippen LogP contribution in [0.3, 0.4) is 0 Å². The van der Waals surface area contributed by atoms with Crippen LogP contribution in [0.15, 0.2) is 22.8 Å². The Labute approximate surface area is 95.2 Å². The van der Waals surface area contributed by atoms with Gasteiger partial charge >= 0.3 is 6.09 Å². The predicted octanol–water partition coefficient (Wildman–Crippen LogP) is 3.18. The maximum atomic E-state index is 12.0. The Bertz CT molecular complexity index is 360. The molecule has 1 aromatic heterocycles. The molecule has 0 aromatic carbocycles. The average molecular weight is 223 g/mol. The Morgan fingerprint density at radius 2 is 2.19 bits per heavy atom. The number of ether oxygens (including phenoxy) is 1. The van der Waals surface area contributed by atoms with Crippen LogP contribution in [-0.2, 0) is 4.74 Å². The highest BCUT2D eigenvalue weighted by Crippen LogP contribution is 2.33. The topological polar surface area (TPSA) is 42.7 Å². The van der Waals surface area contributed by atoms with Crippen molar-refractivity contribution in [3.63, 3.8) is 0 Å². The summed E-state index contributed by atoms with van der Waals surface area (Å²) in [6.07, 6.45) is 3.26. The van der Waals surface area contributed by atoms with E-state index < -0.39 is 5.60 Å². The summed E-state index contributed by atoms with van der Waals surface area (Å²) in [4.78, 5) is 13.6. The first-order valence-corrected chi connectivity index (χ1v) is 5.53. The minimum atomic E-state index is -0.475. The van der Waals surface area contributed by atoms with Crippen LogP contribution in [0.5, 0.6) is 0 Å². The van der Waals surface area contributed by atoms with Gasteiger partial charge in [-0.05, 0) is 39.7 Å². The molecule has 1 aliphatic carbocycles. The van der Waals surface area contributed by atoms with Crippen LogP contribution in [0.25, 0.3) is 0 Å². The molecule has 1 heterocycles. The van der Waals surface area contributed by atoms with E-state index in [1.165, 1.54) is 0 Å². The van der Waals surface area contributed by atoms with Crippen molar-refractivity contribution in [2.45, 2.75) is 45.3 Å². The van der Waals surface area contributed by atoms with E-state index in [9.17, 15) is 4.79 Å². The molecule has 0 N–H and O–H groups in total. The quantitative estimate of drug-likeness (QED) is 0.773. The Morgan fingerprint density at radius 3 is 2.62 bits per heavy atom. The van der Waals surface area contributed by atoms with Crippen molar-refractivity contribution in [2.75, 3.05) is 4.90 Å². The van der Waals surface area contributed by atoms with Crippen LogP contribution in [0.4, 0.5) is 10.7 Å². The summed E-state index contributed by atoms with van der Waals surface area (Å²) < 4.78 is 10.6. The summed E-state index contributed by atoms with van der Waals surface area (Å²) in [7, 11) is 0. The molecule has 16 heavy (non-hydrogen) atoms. The monoisotopic (exact) mass is 223 g/mol. The van der Waals surface area contributed by atoms with E-state index in [4.69, 9.17) is 9.15 Å². The zero-order chi connectivity index (χ0) is 11.8. The lowest BCUT2D eigenvalue weighted by atomic mass is 10.2. The smallest absolute Gasteiger partial charge is 0.417 e. The molecule has 0 spiro atoms. The molecule has 1 saturated carbocycles. The first kappa shape index (κ1) is 11.0. The lowest BCUT2D eigenvalue weighted by Crippen LogP contribution is -2.38. The molecular weight excluding hydrogens is 206 g/mol. The first-order chi connectivity index (χ1) is 7.47. The van der Waals surface area contributed by atoms with Crippen LogP contribution < -0.4 is 4.90 Å². The number of anilines is 1. The second-order valence-electron chi connectivity index (χ2n) is 5.03. The third-order valence-corrected chi connectivity index (χ3v) is 2.25. The normalized spacial score (nSPS) is 15.9. The fourth-order valence-corrected chi connectivity index (χ4v) is 1.47. The average Bonchev–Trinajstić information content (AvgIpc) is 2.78. The van der Waals surface area contributed by atoms with Gasteiger partial charge in [-0.2, -0.15) is 0 Å². The number of carbonyl (C=O) groups is 1. The SMILES string of the molecule is CC(C)(C)OC(=O)N(c1ccco1)C1CC1. The third kappa shape index (κ3) is 2.56. The summed E-state index contributed by atoms with van der Waals surface area (Å²) in [5.41, 5.74) is -0.475. The van der Waals surface area contributed by atoms with Crippen LogP contribution in [0.2, 0.25) is 0 Å². The molecule has 0 unspecified atom stereocenters. The molecule has 0 aliphatic heterocycles. The van der Waals surface area contributed by atoms with Crippen molar-refractivity contribution in [2.24, 2.45) is 0 Å². The zero-order valence-electron chi connectivity index (χ0n) is 9.90. The lowest BCUT2D eigenvalue weighted by molar-refractivity contribution is 0.0571. The van der Waals surface area contributed by atoms with Crippen molar-refractivity contribution < 1.29 is 13.9 Å². The first-order valence-electron chi connectivity index (χ1n) is 5.53. The van der Waals surface area contributed by atoms with E-state index in [0.29, 0.717) is 5.88 Å². The minimum Gasteiger partial charge on any atom is -0.448 e. The van der Waals surface area contributed by atoms with Crippen molar-refractivity contribution in [1.29, 1.82) is 0 Å². The number of nitrogens with zero attached hydrogens (tertiary/aromatic N) is 1. The van der Waals surface area contributed by atoms with Gasteiger partial charge in [0.05, 0.1) is 6.26 Å². The molecule has 1 fully saturated rings. The fraction of sp³-hybridized carbons (Fsp3) is 0.583. The van der Waals surface area contributed by atoms with Crippen LogP contribution in [0, 0.1) is 0 Å². The van der Waals surface area contributed by atoms with Gasteiger partial charge in [-0.3, -0.25) is 0 Å². The van der Waals surface area contributed by atoms with Gasteiger partial charge in [-0.25, -0.2) is 9.69 Å². The Kier molecular flexibility index (Phi) is 2.66. The van der Waals surface area contributed by atoms with Gasteiger partial charge in [0.25, 0.3) is 0 Å². The van der Waals surface area contributed by atoms with Gasteiger partial charge in [-0.15, -0.1) is 0 Å². The van der Waals surface area contributed by atoms with Gasteiger partial charge in [0, 0.05) is 12.1 Å². The molecule has 0 atom stereocenters. The molecule has 0 saturated heterocycles. The third-order valence-electron chi connectivity index (χ3n) is 2.25. The second kappa shape index (κ2) is 3.85. The number of hydrogen-bond donors (Lipinski definition) is 0. The Hall–Kier alpha value is -1.45. The number of hydrogen-bond acceptors (Lipinski definition) is 3. The highest BCUT2D eigenvalue weighted by molar-refractivity contribution is 5.87. The van der Waals surface area contributed by atoms with Crippen LogP contribution in [-0.4, -0.2) is 17.7 Å². The predicted molar refractivity (Wildman–Crippen MR) is 60.4 cm³/mol. The Morgan fingerprint density at radius 1 is 1.50 bits per heavy atom. The minimum absolute atomic E-state index is 0.237. The molecule has 88 valence electrons. The maximum absolute atomic E-state index is 12.0. The number of rotatable bonds is 2. The van der Waals surface area contributed by atoms with Crippen molar-refractivity contribution in [3.05, 3.63) is 18.4 Å². The van der Waals surface area contributed by atoms with Gasteiger partial charge < -0.3 is 9.15 Å². The van der Waals surface area contributed by atoms with E-state index in [-0.39, 0.29) is 12.1 Å². The molecule has 1 aliphatic rings. The maximum Gasteiger partial charge on any atom is 0.417 e. The molecule has 1 aromatic rings.